The second-order valence-corrected chi connectivity index (χ2v) is 14.3. The van der Waals surface area contributed by atoms with E-state index in [0.29, 0.717) is 29.6 Å². The van der Waals surface area contributed by atoms with Crippen LogP contribution in [0.4, 0.5) is 0 Å². The van der Waals surface area contributed by atoms with E-state index in [4.69, 9.17) is 4.74 Å². The van der Waals surface area contributed by atoms with Crippen LogP contribution < -0.4 is 0 Å². The normalized spacial score (nSPS) is 55.2. The van der Waals surface area contributed by atoms with Crippen molar-refractivity contribution in [2.75, 3.05) is 0 Å². The third-order valence-corrected chi connectivity index (χ3v) is 13.2. The van der Waals surface area contributed by atoms with Gasteiger partial charge in [-0.15, -0.1) is 0 Å². The van der Waals surface area contributed by atoms with Gasteiger partial charge in [-0.3, -0.25) is 4.79 Å². The van der Waals surface area contributed by atoms with E-state index < -0.39 is 0 Å². The molecule has 0 aromatic carbocycles. The molecule has 3 heteroatoms. The van der Waals surface area contributed by atoms with Gasteiger partial charge in [-0.25, -0.2) is 0 Å². The van der Waals surface area contributed by atoms with Gasteiger partial charge in [0.25, 0.3) is 6.47 Å². The summed E-state index contributed by atoms with van der Waals surface area (Å²) < 4.78 is 6.05. The Balaban J connectivity index is 1.60. The number of hydrogen-bond acceptors (Lipinski definition) is 3. The van der Waals surface area contributed by atoms with Crippen LogP contribution in [0, 0.1) is 51.2 Å². The Bertz CT molecular complexity index is 845. The zero-order valence-electron chi connectivity index (χ0n) is 22.2. The van der Waals surface area contributed by atoms with Crippen LogP contribution in [0.15, 0.2) is 11.6 Å². The van der Waals surface area contributed by atoms with Crippen molar-refractivity contribution < 1.29 is 14.6 Å². The van der Waals surface area contributed by atoms with Crippen molar-refractivity contribution in [1.29, 1.82) is 0 Å². The predicted octanol–water partition coefficient (Wildman–Crippen LogP) is 6.93. The number of rotatable bonds is 2. The van der Waals surface area contributed by atoms with Crippen molar-refractivity contribution in [2.45, 2.75) is 118 Å². The number of carbonyl (C=O) groups excluding carboxylic acids is 1. The average molecular weight is 457 g/mol. The topological polar surface area (TPSA) is 46.5 Å². The van der Waals surface area contributed by atoms with Gasteiger partial charge in [-0.2, -0.15) is 0 Å². The minimum atomic E-state index is -0.291. The Hall–Kier alpha value is -0.830. The lowest BCUT2D eigenvalue weighted by atomic mass is 9.34. The van der Waals surface area contributed by atoms with Crippen molar-refractivity contribution in [3.63, 3.8) is 0 Å². The summed E-state index contributed by atoms with van der Waals surface area (Å²) in [7, 11) is 0. The van der Waals surface area contributed by atoms with Crippen LogP contribution >= 0.6 is 0 Å². The third-order valence-electron chi connectivity index (χ3n) is 13.2. The lowest BCUT2D eigenvalue weighted by Gasteiger charge is -2.71. The van der Waals surface area contributed by atoms with Crippen molar-refractivity contribution in [3.8, 4) is 0 Å². The van der Waals surface area contributed by atoms with Crippen LogP contribution in [0.5, 0.6) is 0 Å². The van der Waals surface area contributed by atoms with Crippen LogP contribution in [0.2, 0.25) is 0 Å². The highest BCUT2D eigenvalue weighted by Gasteiger charge is 2.69. The smallest absolute Gasteiger partial charge is 0.293 e. The average Bonchev–Trinajstić information content (AvgIpc) is 2.75. The quantitative estimate of drug-likeness (QED) is 0.362. The maximum absolute atomic E-state index is 11.7. The molecule has 0 radical (unpaired) electrons. The van der Waals surface area contributed by atoms with E-state index in [2.05, 4.69) is 54.5 Å². The molecule has 0 bridgehead atoms. The van der Waals surface area contributed by atoms with Gasteiger partial charge >= 0.3 is 0 Å². The first kappa shape index (κ1) is 23.9. The van der Waals surface area contributed by atoms with Gasteiger partial charge in [-0.1, -0.05) is 60.1 Å². The van der Waals surface area contributed by atoms with E-state index in [9.17, 15) is 9.90 Å². The molecule has 0 saturated heterocycles. The molecule has 0 amide bonds. The molecule has 186 valence electrons. The first-order chi connectivity index (χ1) is 15.4. The van der Waals surface area contributed by atoms with E-state index in [0.717, 1.165) is 51.4 Å². The monoisotopic (exact) mass is 456 g/mol. The second-order valence-electron chi connectivity index (χ2n) is 14.3. The summed E-state index contributed by atoms with van der Waals surface area (Å²) in [6, 6.07) is 0. The molecule has 0 spiro atoms. The molecule has 10 atom stereocenters. The summed E-state index contributed by atoms with van der Waals surface area (Å²) in [5.41, 5.74) is 2.03. The molecule has 0 aromatic heterocycles. The third kappa shape index (κ3) is 2.87. The number of allylic oxidation sites excluding steroid dienone is 1. The van der Waals surface area contributed by atoms with Gasteiger partial charge in [0.05, 0.1) is 6.10 Å². The number of hydrogen-bond donors (Lipinski definition) is 1. The number of ether oxygens (including phenoxy) is 1. The Morgan fingerprint density at radius 3 is 2.36 bits per heavy atom. The van der Waals surface area contributed by atoms with Crippen molar-refractivity contribution in [2.24, 2.45) is 51.2 Å². The first-order valence-corrected chi connectivity index (χ1v) is 13.9. The van der Waals surface area contributed by atoms with E-state index in [1.165, 1.54) is 12.8 Å². The fourth-order valence-corrected chi connectivity index (χ4v) is 10.7. The molecule has 0 aromatic rings. The fraction of sp³-hybridized carbons (Fsp3) is 0.900. The molecular weight excluding hydrogens is 408 g/mol. The van der Waals surface area contributed by atoms with Gasteiger partial charge in [0, 0.05) is 5.92 Å². The van der Waals surface area contributed by atoms with Gasteiger partial charge in [0.15, 0.2) is 0 Å². The maximum atomic E-state index is 11.7. The number of aliphatic hydroxyl groups excluding tert-OH is 1. The number of fused-ring (bicyclic) bond motifs is 7. The van der Waals surface area contributed by atoms with Crippen LogP contribution in [-0.4, -0.2) is 23.3 Å². The van der Waals surface area contributed by atoms with Crippen molar-refractivity contribution in [3.05, 3.63) is 11.6 Å². The van der Waals surface area contributed by atoms with E-state index >= 15 is 0 Å². The van der Waals surface area contributed by atoms with Crippen LogP contribution in [0.3, 0.4) is 0 Å². The van der Waals surface area contributed by atoms with Gasteiger partial charge < -0.3 is 9.84 Å². The summed E-state index contributed by atoms with van der Waals surface area (Å²) >= 11 is 0. The Morgan fingerprint density at radius 1 is 0.939 bits per heavy atom. The van der Waals surface area contributed by atoms with Gasteiger partial charge in [-0.05, 0) is 103 Å². The van der Waals surface area contributed by atoms with E-state index in [-0.39, 0.29) is 33.4 Å². The summed E-state index contributed by atoms with van der Waals surface area (Å²) in [4.78, 5) is 11.7. The molecule has 5 rings (SSSR count). The zero-order valence-corrected chi connectivity index (χ0v) is 22.2. The molecule has 5 aliphatic rings. The molecule has 4 fully saturated rings. The number of carbonyl (C=O) groups is 1. The molecule has 1 N–H and O–H groups in total. The van der Waals surface area contributed by atoms with Crippen LogP contribution in [0.1, 0.15) is 106 Å². The SMILES string of the molecule is C[C@H]1[C@H](C)CC[C@]2(OC=O)CC[C@]3(C)C(=CC[C@@H]4[C@@]5(C)CC[C@H](O)C(C)(C)[C@H]5CC[C@]43C)[C@@H]12. The van der Waals surface area contributed by atoms with Crippen molar-refractivity contribution in [1.82, 2.24) is 0 Å². The summed E-state index contributed by atoms with van der Waals surface area (Å²) in [6.07, 6.45) is 12.5. The minimum Gasteiger partial charge on any atom is -0.461 e. The van der Waals surface area contributed by atoms with E-state index in [1.807, 2.05) is 0 Å². The number of aliphatic hydroxyl groups is 1. The van der Waals surface area contributed by atoms with Crippen LogP contribution in [0.25, 0.3) is 0 Å². The minimum absolute atomic E-state index is 0.00788. The Labute approximate surface area is 202 Å². The highest BCUT2D eigenvalue weighted by atomic mass is 16.5. The zero-order chi connectivity index (χ0) is 24.0. The largest absolute Gasteiger partial charge is 0.461 e. The summed E-state index contributed by atoms with van der Waals surface area (Å²) in [5, 5.41) is 10.9. The first-order valence-electron chi connectivity index (χ1n) is 13.9. The molecule has 0 unspecified atom stereocenters. The lowest BCUT2D eigenvalue weighted by molar-refractivity contribution is -0.213. The summed E-state index contributed by atoms with van der Waals surface area (Å²) in [6.45, 7) is 18.0. The highest BCUT2D eigenvalue weighted by Crippen LogP contribution is 2.75. The summed E-state index contributed by atoms with van der Waals surface area (Å²) in [5.74, 6) is 2.81. The van der Waals surface area contributed by atoms with Gasteiger partial charge in [0.1, 0.15) is 5.60 Å². The maximum Gasteiger partial charge on any atom is 0.293 e. The molecular formula is C30H48O3. The molecule has 0 heterocycles. The Kier molecular flexibility index (Phi) is 5.31. The second kappa shape index (κ2) is 7.34. The van der Waals surface area contributed by atoms with Gasteiger partial charge in [0.2, 0.25) is 0 Å². The molecule has 33 heavy (non-hydrogen) atoms. The fourth-order valence-electron chi connectivity index (χ4n) is 10.7. The molecule has 0 aliphatic heterocycles. The molecule has 4 saturated carbocycles. The molecule has 3 nitrogen and oxygen atoms in total. The predicted molar refractivity (Wildman–Crippen MR) is 132 cm³/mol. The van der Waals surface area contributed by atoms with Crippen molar-refractivity contribution >= 4 is 6.47 Å². The lowest BCUT2D eigenvalue weighted by Crippen LogP contribution is -2.66. The highest BCUT2D eigenvalue weighted by molar-refractivity contribution is 5.42. The van der Waals surface area contributed by atoms with Crippen LogP contribution in [-0.2, 0) is 9.53 Å². The van der Waals surface area contributed by atoms with E-state index in [1.54, 1.807) is 5.57 Å². The Morgan fingerprint density at radius 2 is 1.67 bits per heavy atom. The molecule has 5 aliphatic carbocycles. The standard InChI is InChI=1S/C30H48O3/c1-19-10-15-30(33-18-31)17-16-28(6)21(25(30)20(19)2)8-9-23-27(5)13-12-24(32)26(3,4)22(27)11-14-29(23,28)7/h8,18-20,22-25,32H,9-17H2,1-7H3/t19-,20+,22-,23-,24+,25-,27+,28-,29-,30+/m1/s1.